The van der Waals surface area contributed by atoms with E-state index >= 15 is 0 Å². The van der Waals surface area contributed by atoms with Crippen LogP contribution in [0, 0.1) is 6.92 Å². The highest BCUT2D eigenvalue weighted by molar-refractivity contribution is 6.30. The minimum atomic E-state index is -4.57. The highest BCUT2D eigenvalue weighted by atomic mass is 35.5. The number of hydrogen-bond acceptors (Lipinski definition) is 1. The monoisotopic (exact) mass is 338 g/mol. The van der Waals surface area contributed by atoms with Gasteiger partial charge in [-0.25, -0.2) is 0 Å². The summed E-state index contributed by atoms with van der Waals surface area (Å²) < 4.78 is 41.1. The average molecular weight is 339 g/mol. The molecule has 0 saturated carbocycles. The molecule has 2 aromatic carbocycles. The Bertz CT molecular complexity index is 802. The van der Waals surface area contributed by atoms with E-state index in [4.69, 9.17) is 11.6 Å². The molecule has 0 aliphatic heterocycles. The lowest BCUT2D eigenvalue weighted by molar-refractivity contribution is -0.0686. The second-order valence-corrected chi connectivity index (χ2v) is 6.31. The van der Waals surface area contributed by atoms with Crippen LogP contribution in [0.5, 0.6) is 0 Å². The Kier molecular flexibility index (Phi) is 3.58. The van der Waals surface area contributed by atoms with Crippen LogP contribution in [0.15, 0.2) is 42.5 Å². The number of alkyl halides is 3. The number of aliphatic hydroxyl groups is 1. The van der Waals surface area contributed by atoms with Crippen molar-refractivity contribution >= 4 is 22.7 Å². The molecule has 1 aliphatic rings. The lowest BCUT2D eigenvalue weighted by Crippen LogP contribution is -2.21. The predicted octanol–water partition coefficient (Wildman–Crippen LogP) is 5.34. The van der Waals surface area contributed by atoms with Crippen molar-refractivity contribution in [3.05, 3.63) is 69.7 Å². The Morgan fingerprint density at radius 1 is 1.04 bits per heavy atom. The van der Waals surface area contributed by atoms with Gasteiger partial charge in [-0.15, -0.1) is 0 Å². The van der Waals surface area contributed by atoms with Crippen LogP contribution in [0.1, 0.15) is 29.2 Å². The van der Waals surface area contributed by atoms with E-state index < -0.39 is 17.4 Å². The Morgan fingerprint density at radius 3 is 2.22 bits per heavy atom. The molecule has 3 rings (SSSR count). The third kappa shape index (κ3) is 2.56. The predicted molar refractivity (Wildman–Crippen MR) is 85.1 cm³/mol. The van der Waals surface area contributed by atoms with Crippen LogP contribution < -0.4 is 0 Å². The molecule has 120 valence electrons. The maximum atomic E-state index is 13.7. The van der Waals surface area contributed by atoms with Gasteiger partial charge >= 0.3 is 6.18 Å². The van der Waals surface area contributed by atoms with Crippen LogP contribution in [-0.2, 0) is 5.60 Å². The van der Waals surface area contributed by atoms with E-state index in [1.165, 1.54) is 37.3 Å². The normalized spacial score (nSPS) is 20.8. The number of benzene rings is 2. The second-order valence-electron chi connectivity index (χ2n) is 5.88. The van der Waals surface area contributed by atoms with E-state index in [2.05, 4.69) is 0 Å². The van der Waals surface area contributed by atoms with Gasteiger partial charge in [0.1, 0.15) is 5.60 Å². The molecule has 23 heavy (non-hydrogen) atoms. The van der Waals surface area contributed by atoms with Crippen molar-refractivity contribution in [1.82, 2.24) is 0 Å². The molecule has 1 N–H and O–H groups in total. The maximum Gasteiger partial charge on any atom is 0.417 e. The summed E-state index contributed by atoms with van der Waals surface area (Å²) in [4.78, 5) is 0. The van der Waals surface area contributed by atoms with Crippen molar-refractivity contribution in [2.24, 2.45) is 0 Å². The molecule has 0 aromatic heterocycles. The summed E-state index contributed by atoms with van der Waals surface area (Å²) in [5, 5.41) is 11.3. The van der Waals surface area contributed by atoms with E-state index in [0.717, 1.165) is 5.56 Å². The minimum Gasteiger partial charge on any atom is -0.381 e. The molecule has 0 amide bonds. The van der Waals surface area contributed by atoms with Gasteiger partial charge < -0.3 is 5.11 Å². The van der Waals surface area contributed by atoms with E-state index in [1.54, 1.807) is 19.1 Å². The van der Waals surface area contributed by atoms with Gasteiger partial charge in [0.05, 0.1) is 5.57 Å². The zero-order valence-corrected chi connectivity index (χ0v) is 13.3. The van der Waals surface area contributed by atoms with E-state index in [9.17, 15) is 18.3 Å². The molecule has 0 spiro atoms. The van der Waals surface area contributed by atoms with Crippen molar-refractivity contribution in [3.63, 3.8) is 0 Å². The summed E-state index contributed by atoms with van der Waals surface area (Å²) in [6.45, 7) is 3.18. The zero-order valence-electron chi connectivity index (χ0n) is 12.5. The first-order valence-electron chi connectivity index (χ1n) is 7.04. The van der Waals surface area contributed by atoms with Crippen molar-refractivity contribution in [1.29, 1.82) is 0 Å². The summed E-state index contributed by atoms with van der Waals surface area (Å²) in [5.41, 5.74) is -1.25. The van der Waals surface area contributed by atoms with Gasteiger partial charge in [-0.3, -0.25) is 0 Å². The molecule has 1 nitrogen and oxygen atoms in total. The second kappa shape index (κ2) is 5.11. The summed E-state index contributed by atoms with van der Waals surface area (Å²) in [7, 11) is 0. The number of fused-ring (bicyclic) bond motifs is 1. The molecular weight excluding hydrogens is 325 g/mol. The third-order valence-electron chi connectivity index (χ3n) is 4.12. The molecule has 1 atom stereocenters. The van der Waals surface area contributed by atoms with Crippen molar-refractivity contribution in [2.75, 3.05) is 0 Å². The number of rotatable bonds is 1. The minimum absolute atomic E-state index is 0.0260. The van der Waals surface area contributed by atoms with E-state index in [-0.39, 0.29) is 16.7 Å². The third-order valence-corrected chi connectivity index (χ3v) is 4.37. The van der Waals surface area contributed by atoms with Crippen LogP contribution in [0.3, 0.4) is 0 Å². The van der Waals surface area contributed by atoms with Crippen LogP contribution in [-0.4, -0.2) is 11.3 Å². The molecule has 0 saturated heterocycles. The topological polar surface area (TPSA) is 20.2 Å². The number of aryl methyl sites for hydroxylation is 1. The van der Waals surface area contributed by atoms with Gasteiger partial charge in [0, 0.05) is 10.6 Å². The van der Waals surface area contributed by atoms with Gasteiger partial charge in [-0.2, -0.15) is 13.2 Å². The number of hydrogen-bond donors (Lipinski definition) is 1. The Morgan fingerprint density at radius 2 is 1.65 bits per heavy atom. The van der Waals surface area contributed by atoms with Crippen LogP contribution in [0.2, 0.25) is 5.02 Å². The average Bonchev–Trinajstić information content (AvgIpc) is 2.68. The highest BCUT2D eigenvalue weighted by Crippen LogP contribution is 2.54. The maximum absolute atomic E-state index is 13.7. The molecule has 0 fully saturated rings. The van der Waals surface area contributed by atoms with Gasteiger partial charge in [0.25, 0.3) is 0 Å². The summed E-state index contributed by atoms with van der Waals surface area (Å²) in [6.07, 6.45) is -4.57. The Hall–Kier alpha value is -1.78. The van der Waals surface area contributed by atoms with Gasteiger partial charge in [0.15, 0.2) is 0 Å². The van der Waals surface area contributed by atoms with Gasteiger partial charge in [-0.1, -0.05) is 47.5 Å². The number of allylic oxidation sites excluding steroid dienone is 1. The standard InChI is InChI=1S/C18H14ClF3O/c1-10-3-8-13-14(9-10)17(2,23)15(16(13)18(20,21)22)11-4-6-12(19)7-5-11/h3-9,23H,1-2H3. The lowest BCUT2D eigenvalue weighted by Gasteiger charge is -2.24. The van der Waals surface area contributed by atoms with Crippen LogP contribution >= 0.6 is 11.6 Å². The highest BCUT2D eigenvalue weighted by Gasteiger charge is 2.50. The first kappa shape index (κ1) is 16.1. The molecule has 0 radical (unpaired) electrons. The summed E-state index contributed by atoms with van der Waals surface area (Å²) in [6, 6.07) is 10.7. The Balaban J connectivity index is 2.35. The molecule has 1 aliphatic carbocycles. The molecule has 0 heterocycles. The summed E-state index contributed by atoms with van der Waals surface area (Å²) in [5.74, 6) is 0. The summed E-state index contributed by atoms with van der Waals surface area (Å²) >= 11 is 5.82. The molecular formula is C18H14ClF3O. The number of halogens is 4. The SMILES string of the molecule is Cc1ccc2c(c1)C(C)(O)C(c1ccc(Cl)cc1)=C2C(F)(F)F. The van der Waals surface area contributed by atoms with Crippen molar-refractivity contribution in [2.45, 2.75) is 25.6 Å². The molecule has 0 bridgehead atoms. The first-order chi connectivity index (χ1) is 10.6. The fourth-order valence-corrected chi connectivity index (χ4v) is 3.25. The quantitative estimate of drug-likeness (QED) is 0.744. The van der Waals surface area contributed by atoms with E-state index in [0.29, 0.717) is 10.6 Å². The fourth-order valence-electron chi connectivity index (χ4n) is 3.13. The van der Waals surface area contributed by atoms with E-state index in [1.807, 2.05) is 0 Å². The molecule has 2 aromatic rings. The smallest absolute Gasteiger partial charge is 0.381 e. The van der Waals surface area contributed by atoms with Crippen LogP contribution in [0.4, 0.5) is 13.2 Å². The van der Waals surface area contributed by atoms with Crippen LogP contribution in [0.25, 0.3) is 11.1 Å². The zero-order chi connectivity index (χ0) is 17.0. The lowest BCUT2D eigenvalue weighted by atomic mass is 9.87. The van der Waals surface area contributed by atoms with Gasteiger partial charge in [0.2, 0.25) is 0 Å². The first-order valence-corrected chi connectivity index (χ1v) is 7.42. The largest absolute Gasteiger partial charge is 0.417 e. The molecule has 1 unspecified atom stereocenters. The fraction of sp³-hybridized carbons (Fsp3) is 0.222. The Labute approximate surface area is 137 Å². The van der Waals surface area contributed by atoms with Gasteiger partial charge in [-0.05, 0) is 42.7 Å². The molecule has 5 heteroatoms. The van der Waals surface area contributed by atoms with Crippen molar-refractivity contribution in [3.8, 4) is 0 Å². The van der Waals surface area contributed by atoms with Crippen molar-refractivity contribution < 1.29 is 18.3 Å².